The number of halogens is 4. The first-order chi connectivity index (χ1) is 29.9. The van der Waals surface area contributed by atoms with Crippen LogP contribution < -0.4 is 14.2 Å². The van der Waals surface area contributed by atoms with Crippen LogP contribution in [-0.4, -0.2) is 80.4 Å². The van der Waals surface area contributed by atoms with Gasteiger partial charge in [-0.3, -0.25) is 14.9 Å². The summed E-state index contributed by atoms with van der Waals surface area (Å²) in [7, 11) is 1.35. The number of nitrogens with zero attached hydrogens (tertiary/aromatic N) is 1. The molecule has 0 aromatic heterocycles. The maximum atomic E-state index is 10.8. The van der Waals surface area contributed by atoms with E-state index >= 15 is 0 Å². The van der Waals surface area contributed by atoms with Crippen LogP contribution in [0.3, 0.4) is 0 Å². The molecular weight excluding hydrogens is 1000 g/mol. The van der Waals surface area contributed by atoms with Crippen LogP contribution in [0.2, 0.25) is 10.0 Å². The van der Waals surface area contributed by atoms with Crippen LogP contribution >= 0.6 is 55.1 Å². The van der Waals surface area contributed by atoms with Gasteiger partial charge in [0.15, 0.2) is 17.2 Å². The third-order valence-corrected chi connectivity index (χ3v) is 10.5. The zero-order valence-electron chi connectivity index (χ0n) is 34.4. The molecule has 2 atom stereocenters. The van der Waals surface area contributed by atoms with Gasteiger partial charge in [0.1, 0.15) is 16.9 Å². The lowest BCUT2D eigenvalue weighted by Crippen LogP contribution is -2.00. The number of carboxylic acid groups (broad SMARTS) is 4. The Labute approximate surface area is 390 Å². The van der Waals surface area contributed by atoms with Gasteiger partial charge < -0.3 is 44.5 Å². The van der Waals surface area contributed by atoms with Crippen molar-refractivity contribution in [3.63, 3.8) is 0 Å². The number of rotatable bonds is 20. The summed E-state index contributed by atoms with van der Waals surface area (Å²) in [4.78, 5) is 52.1. The summed E-state index contributed by atoms with van der Waals surface area (Å²) in [5, 5.41) is 54.9. The molecule has 16 nitrogen and oxygen atoms in total. The van der Waals surface area contributed by atoms with E-state index < -0.39 is 28.8 Å². The number of fused-ring (bicyclic) bond motifs is 1. The van der Waals surface area contributed by atoms with Gasteiger partial charge in [-0.1, -0.05) is 96.7 Å². The van der Waals surface area contributed by atoms with Gasteiger partial charge in [0.05, 0.1) is 45.4 Å². The van der Waals surface area contributed by atoms with E-state index in [4.69, 9.17) is 62.6 Å². The topological polar surface area (TPSA) is 253 Å². The molecule has 1 fully saturated rings. The van der Waals surface area contributed by atoms with E-state index in [1.165, 1.54) is 76.0 Å². The Bertz CT molecular complexity index is 2100. The summed E-state index contributed by atoms with van der Waals surface area (Å²) >= 11 is 17.5. The molecular formula is C43H49Br2Cl2NO15. The van der Waals surface area contributed by atoms with Crippen molar-refractivity contribution in [2.45, 2.75) is 96.2 Å². The zero-order valence-corrected chi connectivity index (χ0v) is 39.1. The summed E-state index contributed by atoms with van der Waals surface area (Å²) in [6.45, 7) is 2.23. The fourth-order valence-electron chi connectivity index (χ4n) is 5.71. The molecule has 2 aliphatic rings. The predicted octanol–water partition coefficient (Wildman–Crippen LogP) is 11.8. The van der Waals surface area contributed by atoms with Gasteiger partial charge in [-0.05, 0) is 84.4 Å². The Morgan fingerprint density at radius 2 is 1.51 bits per heavy atom. The second-order valence-corrected chi connectivity index (χ2v) is 16.3. The Morgan fingerprint density at radius 1 is 0.857 bits per heavy atom. The number of aromatic hydroxyl groups is 1. The number of allylic oxidation sites excluding steroid dienone is 1. The number of nitro benzene ring substituents is 1. The number of ether oxygens (including phenoxy) is 4. The average Bonchev–Trinajstić information content (AvgIpc) is 3.80. The minimum Gasteiger partial charge on any atom is -0.506 e. The lowest BCUT2D eigenvalue weighted by atomic mass is 10.1. The molecule has 0 spiro atoms. The molecule has 20 heteroatoms. The summed E-state index contributed by atoms with van der Waals surface area (Å²) in [6.07, 6.45) is 20.7. The lowest BCUT2D eigenvalue weighted by molar-refractivity contribution is -0.385. The molecule has 344 valence electrons. The number of phenols is 1. The van der Waals surface area contributed by atoms with E-state index in [0.717, 1.165) is 44.3 Å². The Hall–Kier alpha value is -4.88. The molecule has 2 heterocycles. The van der Waals surface area contributed by atoms with Crippen LogP contribution in [0.5, 0.6) is 23.0 Å². The predicted molar refractivity (Wildman–Crippen MR) is 243 cm³/mol. The summed E-state index contributed by atoms with van der Waals surface area (Å²) in [5.74, 6) is -3.63. The molecule has 63 heavy (non-hydrogen) atoms. The maximum Gasteiger partial charge on any atom is 0.339 e. The quantitative estimate of drug-likeness (QED) is 0.0176. The number of hydrogen-bond donors (Lipinski definition) is 5. The van der Waals surface area contributed by atoms with Gasteiger partial charge in [0.2, 0.25) is 6.79 Å². The van der Waals surface area contributed by atoms with Gasteiger partial charge in [-0.25, -0.2) is 14.4 Å². The lowest BCUT2D eigenvalue weighted by Gasteiger charge is -2.06. The van der Waals surface area contributed by atoms with Crippen molar-refractivity contribution in [3.05, 3.63) is 100 Å². The smallest absolute Gasteiger partial charge is 0.339 e. The Kier molecular flexibility index (Phi) is 24.7. The highest BCUT2D eigenvalue weighted by atomic mass is 79.9. The van der Waals surface area contributed by atoms with Crippen molar-refractivity contribution in [1.29, 1.82) is 0 Å². The highest BCUT2D eigenvalue weighted by Gasteiger charge is 2.36. The molecule has 0 amide bonds. The van der Waals surface area contributed by atoms with Crippen LogP contribution in [0.25, 0.3) is 6.08 Å². The number of aliphatic carboxylic acids is 2. The van der Waals surface area contributed by atoms with Crippen molar-refractivity contribution in [2.75, 3.05) is 13.9 Å². The fraction of sp³-hybridized carbons (Fsp3) is 0.395. The van der Waals surface area contributed by atoms with Gasteiger partial charge in [0.25, 0.3) is 5.69 Å². The number of epoxide rings is 1. The molecule has 2 unspecified atom stereocenters. The molecule has 5 rings (SSSR count). The maximum absolute atomic E-state index is 10.8. The van der Waals surface area contributed by atoms with Gasteiger partial charge in [-0.15, -0.1) is 0 Å². The molecule has 5 N–H and O–H groups in total. The summed E-state index contributed by atoms with van der Waals surface area (Å²) in [6, 6.07) is 8.21. The third kappa shape index (κ3) is 20.5. The molecule has 0 radical (unpaired) electrons. The monoisotopic (exact) mass is 1050 g/mol. The minimum absolute atomic E-state index is 0.00140. The van der Waals surface area contributed by atoms with E-state index in [9.17, 15) is 34.4 Å². The molecule has 3 aromatic rings. The Morgan fingerprint density at radius 3 is 2.11 bits per heavy atom. The molecule has 0 bridgehead atoms. The van der Waals surface area contributed by atoms with Crippen LogP contribution in [0.15, 0.2) is 63.6 Å². The van der Waals surface area contributed by atoms with E-state index in [1.54, 1.807) is 6.07 Å². The highest BCUT2D eigenvalue weighted by molar-refractivity contribution is 9.11. The number of carboxylic acids is 4. The average molecular weight is 1050 g/mol. The van der Waals surface area contributed by atoms with Crippen molar-refractivity contribution < 1.29 is 68.6 Å². The largest absolute Gasteiger partial charge is 0.506 e. The normalized spacial score (nSPS) is 14.4. The van der Waals surface area contributed by atoms with Crippen LogP contribution in [0, 0.1) is 10.1 Å². The Balaban J connectivity index is 0.000000296. The van der Waals surface area contributed by atoms with Gasteiger partial charge in [-0.2, -0.15) is 0 Å². The first-order valence-electron chi connectivity index (χ1n) is 19.6. The standard InChI is InChI=1S/C18H32O3.C10H7NO6.C8H6Cl2O3.C7H4Br2O3/c1-2-3-10-13-16-17(21-16)14-11-8-6-4-5-7-9-12-15-18(19)20;12-10(13)2-1-6-3-8-9(17-5-16-8)4-7(6)11(14)15;1-13-7-5(8(11)12)2-4(9)3-6(7)10;8-3-1-4(7(11)12)6(10)5(9)2-3/h8,11,16-17H,2-7,9-10,12-15H2,1H3,(H,19,20);1-4H,5H2,(H,12,13);2-3H,1H3,(H,11,12);1-2,10H,(H,11,12)/b11-8-;;;. The second kappa shape index (κ2) is 28.7. The second-order valence-electron chi connectivity index (χ2n) is 13.7. The molecule has 2 aliphatic heterocycles. The third-order valence-electron chi connectivity index (χ3n) is 8.90. The molecule has 3 aromatic carbocycles. The number of methoxy groups -OCH3 is 1. The van der Waals surface area contributed by atoms with Crippen molar-refractivity contribution >= 4 is 90.7 Å². The highest BCUT2D eigenvalue weighted by Crippen LogP contribution is 2.38. The van der Waals surface area contributed by atoms with Crippen LogP contribution in [0.1, 0.15) is 110 Å². The van der Waals surface area contributed by atoms with Crippen molar-refractivity contribution in [2.24, 2.45) is 0 Å². The van der Waals surface area contributed by atoms with Crippen LogP contribution in [-0.2, 0) is 14.3 Å². The van der Waals surface area contributed by atoms with Gasteiger partial charge >= 0.3 is 23.9 Å². The number of unbranched alkanes of at least 4 members (excludes halogenated alkanes) is 7. The van der Waals surface area contributed by atoms with Crippen molar-refractivity contribution in [1.82, 2.24) is 0 Å². The SMILES string of the molecule is CCCCCC1OC1C/C=C\CCCCCCCC(=O)O.COc1c(Cl)cc(Cl)cc1C(=O)O.O=C(O)C=Cc1cc2c(cc1[N+](=O)[O-])OCO2.O=C(O)c1cc(Br)cc(Br)c1O. The first-order valence-corrected chi connectivity index (χ1v) is 21.9. The van der Waals surface area contributed by atoms with E-state index in [2.05, 4.69) is 50.9 Å². The molecule has 0 aliphatic carbocycles. The van der Waals surface area contributed by atoms with Gasteiger partial charge in [0, 0.05) is 22.0 Å². The van der Waals surface area contributed by atoms with Crippen LogP contribution in [0.4, 0.5) is 5.69 Å². The fourth-order valence-corrected chi connectivity index (χ4v) is 7.50. The van der Waals surface area contributed by atoms with E-state index in [-0.39, 0.29) is 56.5 Å². The minimum atomic E-state index is -1.18. The number of carbonyl (C=O) groups is 4. The first kappa shape index (κ1) is 54.3. The number of hydrogen-bond acceptors (Lipinski definition) is 11. The summed E-state index contributed by atoms with van der Waals surface area (Å²) in [5.41, 5.74) is -0.246. The number of nitro groups is 1. The molecule has 1 saturated heterocycles. The van der Waals surface area contributed by atoms with Crippen molar-refractivity contribution in [3.8, 4) is 23.0 Å². The van der Waals surface area contributed by atoms with E-state index in [0.29, 0.717) is 33.3 Å². The zero-order chi connectivity index (χ0) is 47.1. The summed E-state index contributed by atoms with van der Waals surface area (Å²) < 4.78 is 21.5. The molecule has 0 saturated carbocycles. The number of benzene rings is 3. The number of aromatic carboxylic acids is 2. The van der Waals surface area contributed by atoms with E-state index in [1.807, 2.05) is 0 Å².